The Labute approximate surface area is 205 Å². The number of ether oxygens (including phenoxy) is 1. The summed E-state index contributed by atoms with van der Waals surface area (Å²) >= 11 is 7.57. The lowest BCUT2D eigenvalue weighted by Gasteiger charge is -2.26. The van der Waals surface area contributed by atoms with E-state index in [-0.39, 0.29) is 17.8 Å². The number of urea groups is 1. The van der Waals surface area contributed by atoms with E-state index in [2.05, 4.69) is 15.1 Å². The van der Waals surface area contributed by atoms with E-state index in [4.69, 9.17) is 21.3 Å². The number of benzene rings is 2. The average molecular weight is 499 g/mol. The molecule has 2 aromatic carbocycles. The number of amides is 2. The quantitative estimate of drug-likeness (QED) is 0.334. The van der Waals surface area contributed by atoms with Crippen LogP contribution in [0.3, 0.4) is 0 Å². The van der Waals surface area contributed by atoms with Gasteiger partial charge in [-0.05, 0) is 37.1 Å². The van der Waals surface area contributed by atoms with Gasteiger partial charge in [0.25, 0.3) is 0 Å². The van der Waals surface area contributed by atoms with Crippen LogP contribution in [0.5, 0.6) is 0 Å². The third-order valence-corrected chi connectivity index (χ3v) is 7.05. The number of imidazole rings is 1. The second kappa shape index (κ2) is 10.1. The molecule has 0 bridgehead atoms. The average Bonchev–Trinajstić information content (AvgIpc) is 3.57. The third kappa shape index (κ3) is 5.09. The van der Waals surface area contributed by atoms with Crippen LogP contribution in [0, 0.1) is 5.82 Å². The maximum absolute atomic E-state index is 14.1. The summed E-state index contributed by atoms with van der Waals surface area (Å²) in [7, 11) is 0. The monoisotopic (exact) mass is 498 g/mol. The van der Waals surface area contributed by atoms with Crippen LogP contribution in [0.4, 0.5) is 14.9 Å². The van der Waals surface area contributed by atoms with Gasteiger partial charge in [0.15, 0.2) is 4.96 Å². The van der Waals surface area contributed by atoms with Crippen molar-refractivity contribution >= 4 is 39.6 Å². The van der Waals surface area contributed by atoms with Crippen LogP contribution < -0.4 is 5.32 Å². The largest absolute Gasteiger partial charge is 0.376 e. The first-order valence-corrected chi connectivity index (χ1v) is 12.5. The third-order valence-electron chi connectivity index (χ3n) is 5.91. The normalized spacial score (nSPS) is 15.6. The molecular weight excluding hydrogens is 475 g/mol. The zero-order chi connectivity index (χ0) is 23.5. The van der Waals surface area contributed by atoms with E-state index in [1.165, 1.54) is 6.07 Å². The molecule has 34 heavy (non-hydrogen) atoms. The molecule has 1 aliphatic rings. The molecule has 0 spiro atoms. The van der Waals surface area contributed by atoms with Crippen LogP contribution in [0.1, 0.15) is 18.5 Å². The number of rotatable bonds is 7. The Morgan fingerprint density at radius 1 is 1.26 bits per heavy atom. The first-order valence-electron chi connectivity index (χ1n) is 11.2. The Kier molecular flexibility index (Phi) is 6.80. The molecule has 0 radical (unpaired) electrons. The molecule has 2 aromatic heterocycles. The summed E-state index contributed by atoms with van der Waals surface area (Å²) in [5.41, 5.74) is 3.10. The van der Waals surface area contributed by atoms with E-state index >= 15 is 0 Å². The highest BCUT2D eigenvalue weighted by molar-refractivity contribution is 7.15. The molecule has 1 atom stereocenters. The molecule has 176 valence electrons. The fourth-order valence-corrected chi connectivity index (χ4v) is 5.12. The van der Waals surface area contributed by atoms with Gasteiger partial charge in [-0.2, -0.15) is 0 Å². The van der Waals surface area contributed by atoms with Crippen molar-refractivity contribution in [3.8, 4) is 11.3 Å². The summed E-state index contributed by atoms with van der Waals surface area (Å²) in [4.78, 5) is 20.4. The zero-order valence-electron chi connectivity index (χ0n) is 18.4. The number of thiazole rings is 1. The molecule has 6 nitrogen and oxygen atoms in total. The Bertz CT molecular complexity index is 1280. The van der Waals surface area contributed by atoms with Crippen LogP contribution in [-0.4, -0.2) is 46.1 Å². The standard InChI is InChI=1S/C25H24ClFN4O2S/c26-18-9-7-17(8-10-18)23-15-31-19(16-34-25(31)29-23)11-12-30(14-20-4-3-13-33-20)24(32)28-22-6-2-1-5-21(22)27/h1-2,5-10,15-16,20H,3-4,11-14H2,(H,28,32). The molecule has 4 aromatic rings. The minimum Gasteiger partial charge on any atom is -0.376 e. The Morgan fingerprint density at radius 3 is 2.85 bits per heavy atom. The Morgan fingerprint density at radius 2 is 2.09 bits per heavy atom. The molecule has 0 aliphatic carbocycles. The van der Waals surface area contributed by atoms with Crippen molar-refractivity contribution in [2.45, 2.75) is 25.4 Å². The van der Waals surface area contributed by atoms with Crippen LogP contribution >= 0.6 is 22.9 Å². The smallest absolute Gasteiger partial charge is 0.322 e. The van der Waals surface area contributed by atoms with Crippen molar-refractivity contribution in [1.29, 1.82) is 0 Å². The zero-order valence-corrected chi connectivity index (χ0v) is 20.0. The maximum atomic E-state index is 14.1. The number of nitrogens with one attached hydrogen (secondary N) is 1. The first-order chi connectivity index (χ1) is 16.6. The number of carbonyl (C=O) groups is 1. The van der Waals surface area contributed by atoms with Gasteiger partial charge in [-0.15, -0.1) is 11.3 Å². The number of halogens is 2. The topological polar surface area (TPSA) is 58.9 Å². The number of nitrogens with zero attached hydrogens (tertiary/aromatic N) is 3. The number of para-hydroxylation sites is 1. The number of hydrogen-bond donors (Lipinski definition) is 1. The maximum Gasteiger partial charge on any atom is 0.322 e. The molecule has 1 fully saturated rings. The molecule has 1 N–H and O–H groups in total. The van der Waals surface area contributed by atoms with Crippen molar-refractivity contribution < 1.29 is 13.9 Å². The lowest BCUT2D eigenvalue weighted by Crippen LogP contribution is -2.41. The number of hydrogen-bond acceptors (Lipinski definition) is 4. The van der Waals surface area contributed by atoms with Gasteiger partial charge in [0, 0.05) is 54.0 Å². The van der Waals surface area contributed by atoms with Gasteiger partial charge in [0.2, 0.25) is 0 Å². The fraction of sp³-hybridized carbons (Fsp3) is 0.280. The summed E-state index contributed by atoms with van der Waals surface area (Å²) in [5.74, 6) is -0.458. The lowest BCUT2D eigenvalue weighted by molar-refractivity contribution is 0.0838. The molecular formula is C25H24ClFN4O2S. The molecule has 9 heteroatoms. The van der Waals surface area contributed by atoms with Crippen molar-refractivity contribution in [3.63, 3.8) is 0 Å². The highest BCUT2D eigenvalue weighted by Gasteiger charge is 2.23. The van der Waals surface area contributed by atoms with Gasteiger partial charge in [-0.1, -0.05) is 35.9 Å². The van der Waals surface area contributed by atoms with Crippen molar-refractivity contribution in [3.05, 3.63) is 76.6 Å². The van der Waals surface area contributed by atoms with E-state index in [1.807, 2.05) is 30.5 Å². The first kappa shape index (κ1) is 22.8. The SMILES string of the molecule is O=C(Nc1ccccc1F)N(CCc1csc2nc(-c3ccc(Cl)cc3)cn12)CC1CCCO1. The van der Waals surface area contributed by atoms with Crippen LogP contribution in [0.2, 0.25) is 5.02 Å². The summed E-state index contributed by atoms with van der Waals surface area (Å²) in [5, 5.41) is 5.46. The van der Waals surface area contributed by atoms with Crippen LogP contribution in [0.15, 0.2) is 60.1 Å². The second-order valence-corrected chi connectivity index (χ2v) is 9.53. The number of carbonyl (C=O) groups excluding carboxylic acids is 1. The lowest BCUT2D eigenvalue weighted by atomic mass is 10.2. The number of aromatic nitrogens is 2. The molecule has 1 unspecified atom stereocenters. The summed E-state index contributed by atoms with van der Waals surface area (Å²) < 4.78 is 21.9. The molecule has 5 rings (SSSR count). The van der Waals surface area contributed by atoms with Crippen molar-refractivity contribution in [2.24, 2.45) is 0 Å². The molecule has 1 aliphatic heterocycles. The van der Waals surface area contributed by atoms with Crippen LogP contribution in [0.25, 0.3) is 16.2 Å². The fourth-order valence-electron chi connectivity index (χ4n) is 4.09. The van der Waals surface area contributed by atoms with E-state index in [0.29, 0.717) is 31.1 Å². The number of fused-ring (bicyclic) bond motifs is 1. The highest BCUT2D eigenvalue weighted by Crippen LogP contribution is 2.25. The molecule has 0 saturated carbocycles. The molecule has 2 amide bonds. The van der Waals surface area contributed by atoms with Gasteiger partial charge < -0.3 is 15.0 Å². The van der Waals surface area contributed by atoms with Gasteiger partial charge >= 0.3 is 6.03 Å². The Balaban J connectivity index is 1.32. The highest BCUT2D eigenvalue weighted by atomic mass is 35.5. The Hall–Kier alpha value is -2.94. The summed E-state index contributed by atoms with van der Waals surface area (Å²) in [6.45, 7) is 1.65. The van der Waals surface area contributed by atoms with E-state index in [9.17, 15) is 9.18 Å². The minimum atomic E-state index is -0.458. The predicted molar refractivity (Wildman–Crippen MR) is 133 cm³/mol. The molecule has 3 heterocycles. The van der Waals surface area contributed by atoms with Crippen molar-refractivity contribution in [2.75, 3.05) is 25.0 Å². The minimum absolute atomic E-state index is 0.00128. The van der Waals surface area contributed by atoms with Crippen LogP contribution in [-0.2, 0) is 11.2 Å². The molecule has 1 saturated heterocycles. The van der Waals surface area contributed by atoms with Crippen molar-refractivity contribution in [1.82, 2.24) is 14.3 Å². The number of anilines is 1. The van der Waals surface area contributed by atoms with E-state index in [1.54, 1.807) is 34.4 Å². The summed E-state index contributed by atoms with van der Waals surface area (Å²) in [6, 6.07) is 13.5. The second-order valence-electron chi connectivity index (χ2n) is 8.25. The van der Waals surface area contributed by atoms with Gasteiger partial charge in [-0.3, -0.25) is 4.40 Å². The van der Waals surface area contributed by atoms with Gasteiger partial charge in [0.05, 0.1) is 17.5 Å². The van der Waals surface area contributed by atoms with Gasteiger partial charge in [0.1, 0.15) is 5.82 Å². The van der Waals surface area contributed by atoms with Gasteiger partial charge in [-0.25, -0.2) is 14.2 Å². The predicted octanol–water partition coefficient (Wildman–Crippen LogP) is 6.11. The van der Waals surface area contributed by atoms with E-state index < -0.39 is 5.82 Å². The van der Waals surface area contributed by atoms with E-state index in [0.717, 1.165) is 34.8 Å². The summed E-state index contributed by atoms with van der Waals surface area (Å²) in [6.07, 6.45) is 4.54.